The lowest BCUT2D eigenvalue weighted by Crippen LogP contribution is -1.95. The van der Waals surface area contributed by atoms with Crippen LogP contribution < -0.4 is 0 Å². The van der Waals surface area contributed by atoms with Gasteiger partial charge in [-0.1, -0.05) is 255 Å². The summed E-state index contributed by atoms with van der Waals surface area (Å²) in [5.74, 6) is 0. The molecule has 0 bridgehead atoms. The van der Waals surface area contributed by atoms with E-state index >= 15 is 0 Å². The van der Waals surface area contributed by atoms with Crippen molar-refractivity contribution in [3.63, 3.8) is 0 Å². The van der Waals surface area contributed by atoms with Crippen molar-refractivity contribution in [2.75, 3.05) is 0 Å². The van der Waals surface area contributed by atoms with Gasteiger partial charge in [-0.2, -0.15) is 0 Å². The Labute approximate surface area is 526 Å². The second-order valence-corrected chi connectivity index (χ2v) is 22.6. The molecule has 0 saturated heterocycles. The van der Waals surface area contributed by atoms with E-state index in [2.05, 4.69) is 322 Å². The van der Waals surface area contributed by atoms with Crippen molar-refractivity contribution in [3.8, 4) is 156 Å². The van der Waals surface area contributed by atoms with Crippen LogP contribution >= 0.6 is 0 Å². The van der Waals surface area contributed by atoms with Gasteiger partial charge in [0.1, 0.15) is 0 Å². The molecule has 0 spiro atoms. The largest absolute Gasteiger partial charge is 0.256 e. The fourth-order valence-corrected chi connectivity index (χ4v) is 12.7. The lowest BCUT2D eigenvalue weighted by atomic mass is 9.82. The summed E-state index contributed by atoms with van der Waals surface area (Å²) in [5, 5.41) is 0. The minimum absolute atomic E-state index is 0.918. The molecule has 15 aromatic rings. The normalized spacial score (nSPS) is 11.1. The summed E-state index contributed by atoms with van der Waals surface area (Å²) in [5.41, 5.74) is 30.6. The van der Waals surface area contributed by atoms with Gasteiger partial charge in [0.15, 0.2) is 0 Å². The molecule has 3 heteroatoms. The van der Waals surface area contributed by atoms with E-state index in [4.69, 9.17) is 15.0 Å². The standard InChI is InChI=1S/C87H59N3/c1-5-24-60(25-6-1)64-32-23-33-66(52-64)83-59-69(87-40-19-22-51-90-87)44-48-80(83)84-56-65(61-26-7-2-8-27-61)41-45-75(84)72-54-70(73-34-13-15-36-76(73)78-46-42-67(85-38-17-20-49-88-85)57-81(78)62-28-9-3-10-29-62)53-71(55-72)74-35-14-16-37-77(74)79-47-43-68(86-39-18-21-50-89-86)58-82(79)63-30-11-4-12-31-63/h1-59H. The molecule has 90 heavy (non-hydrogen) atoms. The molecule has 0 aliphatic carbocycles. The van der Waals surface area contributed by atoms with Crippen LogP contribution in [-0.4, -0.2) is 15.0 Å². The van der Waals surface area contributed by atoms with E-state index in [1.54, 1.807) is 0 Å². The van der Waals surface area contributed by atoms with Gasteiger partial charge in [-0.25, -0.2) is 0 Å². The van der Waals surface area contributed by atoms with Crippen LogP contribution in [0.1, 0.15) is 0 Å². The maximum Gasteiger partial charge on any atom is 0.0702 e. The highest BCUT2D eigenvalue weighted by Gasteiger charge is 2.22. The fourth-order valence-electron chi connectivity index (χ4n) is 12.7. The molecule has 15 rings (SSSR count). The van der Waals surface area contributed by atoms with Crippen LogP contribution in [0.3, 0.4) is 0 Å². The van der Waals surface area contributed by atoms with Crippen molar-refractivity contribution in [1.82, 2.24) is 15.0 Å². The second kappa shape index (κ2) is 24.8. The molecular formula is C87H59N3. The van der Waals surface area contributed by atoms with Gasteiger partial charge >= 0.3 is 0 Å². The summed E-state index contributed by atoms with van der Waals surface area (Å²) in [6.07, 6.45) is 5.61. The van der Waals surface area contributed by atoms with E-state index in [-0.39, 0.29) is 0 Å². The van der Waals surface area contributed by atoms with Gasteiger partial charge in [-0.3, -0.25) is 15.0 Å². The first-order valence-corrected chi connectivity index (χ1v) is 30.6. The maximum atomic E-state index is 4.88. The highest BCUT2D eigenvalue weighted by molar-refractivity contribution is 6.01. The Morgan fingerprint density at radius 1 is 0.122 bits per heavy atom. The molecule has 0 aliphatic rings. The first kappa shape index (κ1) is 54.7. The smallest absolute Gasteiger partial charge is 0.0702 e. The second-order valence-electron chi connectivity index (χ2n) is 22.6. The molecular weight excluding hydrogens is 1090 g/mol. The van der Waals surface area contributed by atoms with Crippen LogP contribution in [-0.2, 0) is 0 Å². The van der Waals surface area contributed by atoms with E-state index in [9.17, 15) is 0 Å². The molecule has 0 amide bonds. The Morgan fingerprint density at radius 3 is 0.800 bits per heavy atom. The third kappa shape index (κ3) is 11.2. The van der Waals surface area contributed by atoms with E-state index in [0.29, 0.717) is 0 Å². The Balaban J connectivity index is 0.996. The molecule has 0 atom stereocenters. The molecule has 0 saturated carbocycles. The molecule has 0 radical (unpaired) electrons. The molecule has 3 aromatic heterocycles. The Kier molecular flexibility index (Phi) is 15.1. The quantitative estimate of drug-likeness (QED) is 0.109. The van der Waals surface area contributed by atoms with Gasteiger partial charge in [-0.15, -0.1) is 0 Å². The molecule has 0 unspecified atom stereocenters. The highest BCUT2D eigenvalue weighted by atomic mass is 14.7. The van der Waals surface area contributed by atoms with Crippen molar-refractivity contribution >= 4 is 0 Å². The van der Waals surface area contributed by atoms with Crippen molar-refractivity contribution < 1.29 is 0 Å². The summed E-state index contributed by atoms with van der Waals surface area (Å²) < 4.78 is 0. The molecule has 0 N–H and O–H groups in total. The third-order valence-corrected chi connectivity index (χ3v) is 17.1. The van der Waals surface area contributed by atoms with Crippen LogP contribution in [0.2, 0.25) is 0 Å². The molecule has 12 aromatic carbocycles. The molecule has 422 valence electrons. The number of hydrogen-bond donors (Lipinski definition) is 0. The highest BCUT2D eigenvalue weighted by Crippen LogP contribution is 2.48. The number of aromatic nitrogens is 3. The average Bonchev–Trinajstić information content (AvgIpc) is 0.970. The molecule has 3 nitrogen and oxygen atoms in total. The summed E-state index contributed by atoms with van der Waals surface area (Å²) in [4.78, 5) is 14.5. The minimum atomic E-state index is 0.918. The zero-order chi connectivity index (χ0) is 60.0. The van der Waals surface area contributed by atoms with Crippen LogP contribution in [0.25, 0.3) is 156 Å². The zero-order valence-corrected chi connectivity index (χ0v) is 49.4. The SMILES string of the molecule is c1ccc(-c2cccc(-c3cc(-c4ccccn4)ccc3-c3cc(-c4ccccc4)ccc3-c3cc(-c4ccccc4-c4ccc(-c5ccccn5)cc4-c4ccccc4)cc(-c4ccccc4-c4ccc(-c5ccccn5)cc4-c4ccccc4)c3)c2)cc1. The minimum Gasteiger partial charge on any atom is -0.256 e. The predicted octanol–water partition coefficient (Wildman–Crippen LogP) is 23.2. The van der Waals surface area contributed by atoms with Gasteiger partial charge in [0.05, 0.1) is 17.1 Å². The molecule has 0 aliphatic heterocycles. The number of rotatable bonds is 14. The summed E-state index contributed by atoms with van der Waals surface area (Å²) in [7, 11) is 0. The van der Waals surface area contributed by atoms with Gasteiger partial charge in [0.25, 0.3) is 0 Å². The van der Waals surface area contributed by atoms with Crippen LogP contribution in [0, 0.1) is 0 Å². The van der Waals surface area contributed by atoms with Crippen molar-refractivity contribution in [2.24, 2.45) is 0 Å². The maximum absolute atomic E-state index is 4.88. The summed E-state index contributed by atoms with van der Waals surface area (Å²) in [6.45, 7) is 0. The van der Waals surface area contributed by atoms with E-state index in [0.717, 1.165) is 151 Å². The van der Waals surface area contributed by atoms with Crippen LogP contribution in [0.15, 0.2) is 358 Å². The molecule has 0 fully saturated rings. The van der Waals surface area contributed by atoms with E-state index < -0.39 is 0 Å². The Morgan fingerprint density at radius 2 is 0.389 bits per heavy atom. The van der Waals surface area contributed by atoms with E-state index in [1.807, 2.05) is 36.8 Å². The average molecular weight is 1150 g/mol. The first-order chi connectivity index (χ1) is 44.6. The van der Waals surface area contributed by atoms with Crippen LogP contribution in [0.4, 0.5) is 0 Å². The van der Waals surface area contributed by atoms with Crippen LogP contribution in [0.5, 0.6) is 0 Å². The Hall–Kier alpha value is -11.9. The van der Waals surface area contributed by atoms with Gasteiger partial charge in [0.2, 0.25) is 0 Å². The van der Waals surface area contributed by atoms with Gasteiger partial charge < -0.3 is 0 Å². The number of nitrogens with zero attached hydrogens (tertiary/aromatic N) is 3. The molecule has 3 heterocycles. The van der Waals surface area contributed by atoms with Crippen molar-refractivity contribution in [2.45, 2.75) is 0 Å². The monoisotopic (exact) mass is 1150 g/mol. The number of benzene rings is 12. The van der Waals surface area contributed by atoms with Gasteiger partial charge in [-0.05, 0) is 207 Å². The summed E-state index contributed by atoms with van der Waals surface area (Å²) in [6, 6.07) is 123. The third-order valence-electron chi connectivity index (χ3n) is 17.1. The lowest BCUT2D eigenvalue weighted by Gasteiger charge is -2.21. The lowest BCUT2D eigenvalue weighted by molar-refractivity contribution is 1.33. The fraction of sp³-hybridized carbons (Fsp3) is 0. The zero-order valence-electron chi connectivity index (χ0n) is 49.4. The predicted molar refractivity (Wildman–Crippen MR) is 376 cm³/mol. The topological polar surface area (TPSA) is 38.7 Å². The number of pyridine rings is 3. The van der Waals surface area contributed by atoms with Crippen molar-refractivity contribution in [3.05, 3.63) is 358 Å². The first-order valence-electron chi connectivity index (χ1n) is 30.6. The van der Waals surface area contributed by atoms with Crippen molar-refractivity contribution in [1.29, 1.82) is 0 Å². The Bertz CT molecular complexity index is 4820. The summed E-state index contributed by atoms with van der Waals surface area (Å²) >= 11 is 0. The van der Waals surface area contributed by atoms with Gasteiger partial charge in [0, 0.05) is 35.3 Å². The number of hydrogen-bond acceptors (Lipinski definition) is 3. The van der Waals surface area contributed by atoms with E-state index in [1.165, 1.54) is 5.56 Å².